The zero-order chi connectivity index (χ0) is 25.5. The van der Waals surface area contributed by atoms with Crippen molar-refractivity contribution in [1.82, 2.24) is 0 Å². The van der Waals surface area contributed by atoms with Crippen molar-refractivity contribution in [1.29, 1.82) is 0 Å². The lowest BCUT2D eigenvalue weighted by atomic mass is 9.97. The van der Waals surface area contributed by atoms with Crippen molar-refractivity contribution >= 4 is 23.9 Å². The van der Waals surface area contributed by atoms with E-state index < -0.39 is 85.4 Å². The van der Waals surface area contributed by atoms with Crippen LogP contribution in [0.25, 0.3) is 0 Å². The number of rotatable bonds is 10. The summed E-state index contributed by atoms with van der Waals surface area (Å²) in [6, 6.07) is -4.12. The molecule has 1 rings (SSSR count). The minimum absolute atomic E-state index is 0.461. The monoisotopic (exact) mass is 478 g/mol. The Kier molecular flexibility index (Phi) is 11.1. The summed E-state index contributed by atoms with van der Waals surface area (Å²) in [7, 11) is 1.24. The topological polar surface area (TPSA) is 228 Å². The van der Waals surface area contributed by atoms with Crippen LogP contribution >= 0.6 is 0 Å². The van der Waals surface area contributed by atoms with E-state index >= 15 is 0 Å². The Hall–Kier alpha value is -2.36. The molecule has 0 aliphatic carbocycles. The van der Waals surface area contributed by atoms with E-state index in [9.17, 15) is 19.2 Å². The smallest absolute Gasteiger partial charge is 0.323 e. The fraction of sp³-hybridized carbons (Fsp3) is 0.789. The molecule has 33 heavy (non-hydrogen) atoms. The molecule has 1 heterocycles. The third-order valence-electron chi connectivity index (χ3n) is 4.46. The van der Waals surface area contributed by atoms with Gasteiger partial charge in [0.05, 0.1) is 0 Å². The Morgan fingerprint density at radius 2 is 1.09 bits per heavy atom. The number of carbonyl (C=O) groups excluding carboxylic acids is 4. The van der Waals surface area contributed by atoms with Gasteiger partial charge in [0.1, 0.15) is 36.9 Å². The number of ether oxygens (including phenoxy) is 6. The largest absolute Gasteiger partial charge is 0.462 e. The maximum atomic E-state index is 12.3. The van der Waals surface area contributed by atoms with Gasteiger partial charge in [-0.25, -0.2) is 0 Å². The van der Waals surface area contributed by atoms with Crippen molar-refractivity contribution < 1.29 is 47.6 Å². The molecule has 0 aromatic rings. The maximum Gasteiger partial charge on any atom is 0.323 e. The van der Waals surface area contributed by atoms with Crippen LogP contribution in [0.15, 0.2) is 0 Å². The quantitative estimate of drug-likeness (QED) is 0.181. The Morgan fingerprint density at radius 3 is 1.48 bits per heavy atom. The normalized spacial score (nSPS) is 28.6. The maximum absolute atomic E-state index is 12.3. The van der Waals surface area contributed by atoms with Crippen LogP contribution in [0.2, 0.25) is 0 Å². The molecule has 1 aliphatic heterocycles. The lowest BCUT2D eigenvalue weighted by molar-refractivity contribution is -0.303. The zero-order valence-electron chi connectivity index (χ0n) is 19.3. The fourth-order valence-corrected chi connectivity index (χ4v) is 2.62. The molecule has 0 unspecified atom stereocenters. The molecule has 1 aliphatic rings. The Balaban J connectivity index is 3.40. The van der Waals surface area contributed by atoms with E-state index in [2.05, 4.69) is 0 Å². The minimum Gasteiger partial charge on any atom is -0.462 e. The van der Waals surface area contributed by atoms with Gasteiger partial charge in [-0.3, -0.25) is 19.2 Å². The van der Waals surface area contributed by atoms with Gasteiger partial charge in [-0.05, 0) is 27.7 Å². The average molecular weight is 478 g/mol. The van der Waals surface area contributed by atoms with Gasteiger partial charge >= 0.3 is 23.9 Å². The third kappa shape index (κ3) is 8.17. The van der Waals surface area contributed by atoms with Crippen LogP contribution < -0.4 is 22.9 Å². The van der Waals surface area contributed by atoms with E-state index in [0.717, 1.165) is 0 Å². The molecule has 0 saturated carbocycles. The van der Waals surface area contributed by atoms with Gasteiger partial charge in [0.25, 0.3) is 0 Å². The predicted molar refractivity (Wildman–Crippen MR) is 111 cm³/mol. The second-order valence-electron chi connectivity index (χ2n) is 7.77. The lowest BCUT2D eigenvalue weighted by Crippen LogP contribution is -2.64. The summed E-state index contributed by atoms with van der Waals surface area (Å²) in [5, 5.41) is 0. The van der Waals surface area contributed by atoms with Gasteiger partial charge in [-0.15, -0.1) is 0 Å². The van der Waals surface area contributed by atoms with Crippen molar-refractivity contribution in [3.63, 3.8) is 0 Å². The molecular formula is C19H34N4O10. The molecule has 8 N–H and O–H groups in total. The highest BCUT2D eigenvalue weighted by atomic mass is 16.7. The molecule has 0 spiro atoms. The summed E-state index contributed by atoms with van der Waals surface area (Å²) in [5.74, 6) is -3.42. The van der Waals surface area contributed by atoms with E-state index in [1.165, 1.54) is 34.8 Å². The number of methoxy groups -OCH3 is 1. The summed E-state index contributed by atoms with van der Waals surface area (Å²) in [5.41, 5.74) is 22.3. The highest BCUT2D eigenvalue weighted by Gasteiger charge is 2.53. The summed E-state index contributed by atoms with van der Waals surface area (Å²) in [4.78, 5) is 48.7. The number of carbonyl (C=O) groups is 4. The van der Waals surface area contributed by atoms with E-state index in [-0.39, 0.29) is 0 Å². The van der Waals surface area contributed by atoms with Gasteiger partial charge in [0.2, 0.25) is 0 Å². The second-order valence-corrected chi connectivity index (χ2v) is 7.77. The van der Waals surface area contributed by atoms with Gasteiger partial charge in [0, 0.05) is 7.11 Å². The number of esters is 4. The first-order chi connectivity index (χ1) is 15.3. The molecule has 1 fully saturated rings. The first kappa shape index (κ1) is 28.7. The first-order valence-corrected chi connectivity index (χ1v) is 10.3. The highest BCUT2D eigenvalue weighted by molar-refractivity contribution is 5.77. The van der Waals surface area contributed by atoms with Gasteiger partial charge in [-0.1, -0.05) is 0 Å². The molecule has 0 bridgehead atoms. The van der Waals surface area contributed by atoms with Crippen molar-refractivity contribution in [2.24, 2.45) is 22.9 Å². The fourth-order valence-electron chi connectivity index (χ4n) is 2.62. The molecule has 0 radical (unpaired) electrons. The average Bonchev–Trinajstić information content (AvgIpc) is 2.73. The molecule has 190 valence electrons. The van der Waals surface area contributed by atoms with Crippen LogP contribution in [0.5, 0.6) is 0 Å². The van der Waals surface area contributed by atoms with E-state index in [4.69, 9.17) is 51.4 Å². The van der Waals surface area contributed by atoms with E-state index in [1.807, 2.05) is 0 Å². The zero-order valence-corrected chi connectivity index (χ0v) is 19.3. The van der Waals surface area contributed by atoms with Crippen LogP contribution in [0.4, 0.5) is 0 Å². The van der Waals surface area contributed by atoms with Gasteiger partial charge in [0.15, 0.2) is 24.6 Å². The molecular weight excluding hydrogens is 444 g/mol. The second kappa shape index (κ2) is 12.8. The summed E-state index contributed by atoms with van der Waals surface area (Å²) < 4.78 is 32.3. The standard InChI is InChI=1S/C19H34N4O10/c1-7(20)15(24)29-6-11-12(31-16(25)8(2)21)13(32-17(26)9(3)22)14(19(28-5)30-11)33-18(27)10(4)23/h7-14,19H,6,20-23H2,1-5H3/t7-,8-,9-,10-,11+,12+,13-,14+,19-/m0/s1. The molecule has 1 saturated heterocycles. The molecule has 0 amide bonds. The van der Waals surface area contributed by atoms with Crippen LogP contribution in [-0.4, -0.2) is 92.5 Å². The predicted octanol–water partition coefficient (Wildman–Crippen LogP) is -2.97. The summed E-state index contributed by atoms with van der Waals surface area (Å²) in [6.07, 6.45) is -6.84. The van der Waals surface area contributed by atoms with Crippen LogP contribution in [0, 0.1) is 0 Å². The Labute approximate surface area is 191 Å². The van der Waals surface area contributed by atoms with Gasteiger partial charge < -0.3 is 51.4 Å². The lowest BCUT2D eigenvalue weighted by Gasteiger charge is -2.44. The number of hydrogen-bond acceptors (Lipinski definition) is 14. The molecule has 0 aromatic heterocycles. The highest BCUT2D eigenvalue weighted by Crippen LogP contribution is 2.30. The number of nitrogens with two attached hydrogens (primary N) is 4. The van der Waals surface area contributed by atoms with Crippen molar-refractivity contribution in [3.8, 4) is 0 Å². The summed E-state index contributed by atoms with van der Waals surface area (Å²) >= 11 is 0. The molecule has 14 heteroatoms. The number of hydrogen-bond donors (Lipinski definition) is 4. The van der Waals surface area contributed by atoms with Crippen molar-refractivity contribution in [3.05, 3.63) is 0 Å². The SMILES string of the molecule is CO[C@H]1O[C@H](COC(=O)[C@H](C)N)[C@@H](OC(=O)[C@H](C)N)[C@H](OC(=O)[C@H](C)N)[C@H]1OC(=O)[C@H](C)N. The first-order valence-electron chi connectivity index (χ1n) is 10.3. The summed E-state index contributed by atoms with van der Waals surface area (Å²) in [6.45, 7) is 5.05. The third-order valence-corrected chi connectivity index (χ3v) is 4.46. The molecule has 0 aromatic carbocycles. The molecule has 14 nitrogen and oxygen atoms in total. The molecule has 9 atom stereocenters. The van der Waals surface area contributed by atoms with Gasteiger partial charge in [-0.2, -0.15) is 0 Å². The van der Waals surface area contributed by atoms with E-state index in [0.29, 0.717) is 0 Å². The van der Waals surface area contributed by atoms with Crippen LogP contribution in [0.3, 0.4) is 0 Å². The Morgan fingerprint density at radius 1 is 0.697 bits per heavy atom. The van der Waals surface area contributed by atoms with Crippen LogP contribution in [-0.2, 0) is 47.6 Å². The van der Waals surface area contributed by atoms with Crippen molar-refractivity contribution in [2.75, 3.05) is 13.7 Å². The van der Waals surface area contributed by atoms with Crippen LogP contribution in [0.1, 0.15) is 27.7 Å². The van der Waals surface area contributed by atoms with E-state index in [1.54, 1.807) is 0 Å². The minimum atomic E-state index is -1.47. The van der Waals surface area contributed by atoms with Crippen molar-refractivity contribution in [2.45, 2.75) is 82.6 Å². The Bertz CT molecular complexity index is 700.